The molecule has 124 valence electrons. The largest absolute Gasteiger partial charge is 0.390 e. The molecule has 21 heavy (non-hydrogen) atoms. The SMILES string of the molecule is CCNC(=NCC1CCCCN1CC)NCCC(F)(F)F. The monoisotopic (exact) mass is 308 g/mol. The van der Waals surface area contributed by atoms with Crippen LogP contribution in [0.1, 0.15) is 39.5 Å². The maximum absolute atomic E-state index is 12.2. The number of aliphatic imine (C=N–C) groups is 1. The number of piperidine rings is 1. The van der Waals surface area contributed by atoms with Crippen molar-refractivity contribution in [1.82, 2.24) is 15.5 Å². The second kappa shape index (κ2) is 9.12. The summed E-state index contributed by atoms with van der Waals surface area (Å²) in [5.41, 5.74) is 0. The Bertz CT molecular complexity index is 318. The zero-order valence-corrected chi connectivity index (χ0v) is 13.0. The van der Waals surface area contributed by atoms with Gasteiger partial charge in [0.1, 0.15) is 0 Å². The van der Waals surface area contributed by atoms with Gasteiger partial charge >= 0.3 is 6.18 Å². The van der Waals surface area contributed by atoms with E-state index in [2.05, 4.69) is 27.4 Å². The third-order valence-corrected chi connectivity index (χ3v) is 3.66. The molecule has 0 amide bonds. The minimum absolute atomic E-state index is 0.141. The van der Waals surface area contributed by atoms with Crippen LogP contribution in [-0.2, 0) is 0 Å². The van der Waals surface area contributed by atoms with Crippen molar-refractivity contribution in [3.8, 4) is 0 Å². The number of likely N-dealkylation sites (N-methyl/N-ethyl adjacent to an activating group) is 1. The van der Waals surface area contributed by atoms with Gasteiger partial charge in [-0.25, -0.2) is 0 Å². The second-order valence-corrected chi connectivity index (χ2v) is 5.29. The molecule has 0 spiro atoms. The van der Waals surface area contributed by atoms with E-state index in [0.717, 1.165) is 19.5 Å². The van der Waals surface area contributed by atoms with E-state index in [-0.39, 0.29) is 6.54 Å². The summed E-state index contributed by atoms with van der Waals surface area (Å²) in [5.74, 6) is 0.475. The topological polar surface area (TPSA) is 39.7 Å². The molecular weight excluding hydrogens is 281 g/mol. The van der Waals surface area contributed by atoms with Gasteiger partial charge in [-0.15, -0.1) is 0 Å². The van der Waals surface area contributed by atoms with E-state index in [1.165, 1.54) is 12.8 Å². The highest BCUT2D eigenvalue weighted by atomic mass is 19.4. The lowest BCUT2D eigenvalue weighted by Gasteiger charge is -2.34. The highest BCUT2D eigenvalue weighted by molar-refractivity contribution is 5.79. The van der Waals surface area contributed by atoms with Crippen molar-refractivity contribution in [2.75, 3.05) is 32.7 Å². The molecule has 2 N–H and O–H groups in total. The minimum atomic E-state index is -4.13. The van der Waals surface area contributed by atoms with Gasteiger partial charge in [-0.3, -0.25) is 9.89 Å². The van der Waals surface area contributed by atoms with E-state index >= 15 is 0 Å². The van der Waals surface area contributed by atoms with Gasteiger partial charge in [-0.1, -0.05) is 13.3 Å². The van der Waals surface area contributed by atoms with Crippen molar-refractivity contribution in [1.29, 1.82) is 0 Å². The van der Waals surface area contributed by atoms with Crippen LogP contribution in [0.5, 0.6) is 0 Å². The first-order chi connectivity index (χ1) is 9.96. The van der Waals surface area contributed by atoms with E-state index in [9.17, 15) is 13.2 Å². The fraction of sp³-hybridized carbons (Fsp3) is 0.929. The first-order valence-corrected chi connectivity index (χ1v) is 7.79. The third kappa shape index (κ3) is 7.55. The molecular formula is C14H27F3N4. The van der Waals surface area contributed by atoms with Gasteiger partial charge in [-0.05, 0) is 32.9 Å². The summed E-state index contributed by atoms with van der Waals surface area (Å²) in [7, 11) is 0. The summed E-state index contributed by atoms with van der Waals surface area (Å²) in [6.45, 7) is 7.26. The fourth-order valence-electron chi connectivity index (χ4n) is 2.54. The van der Waals surface area contributed by atoms with Crippen LogP contribution in [0.2, 0.25) is 0 Å². The lowest BCUT2D eigenvalue weighted by atomic mass is 10.0. The number of hydrogen-bond acceptors (Lipinski definition) is 2. The maximum Gasteiger partial charge on any atom is 0.390 e. The summed E-state index contributed by atoms with van der Waals surface area (Å²) >= 11 is 0. The molecule has 0 aromatic rings. The average Bonchev–Trinajstić information content (AvgIpc) is 2.43. The van der Waals surface area contributed by atoms with Crippen molar-refractivity contribution in [3.05, 3.63) is 0 Å². The maximum atomic E-state index is 12.2. The lowest BCUT2D eigenvalue weighted by molar-refractivity contribution is -0.132. The van der Waals surface area contributed by atoms with E-state index in [0.29, 0.717) is 25.1 Å². The second-order valence-electron chi connectivity index (χ2n) is 5.29. The number of rotatable bonds is 6. The molecule has 4 nitrogen and oxygen atoms in total. The predicted molar refractivity (Wildman–Crippen MR) is 79.5 cm³/mol. The van der Waals surface area contributed by atoms with Crippen molar-refractivity contribution in [3.63, 3.8) is 0 Å². The van der Waals surface area contributed by atoms with Crippen LogP contribution in [0.4, 0.5) is 13.2 Å². The first kappa shape index (κ1) is 18.1. The Morgan fingerprint density at radius 3 is 2.62 bits per heavy atom. The quantitative estimate of drug-likeness (QED) is 0.584. The Kier molecular flexibility index (Phi) is 7.85. The summed E-state index contributed by atoms with van der Waals surface area (Å²) in [6, 6.07) is 0.404. The number of guanidine groups is 1. The van der Waals surface area contributed by atoms with Gasteiger partial charge in [0.25, 0.3) is 0 Å². The molecule has 1 aliphatic rings. The van der Waals surface area contributed by atoms with Crippen LogP contribution < -0.4 is 10.6 Å². The summed E-state index contributed by atoms with van der Waals surface area (Å²) in [5, 5.41) is 5.74. The van der Waals surface area contributed by atoms with Crippen LogP contribution in [-0.4, -0.2) is 55.8 Å². The number of hydrogen-bond donors (Lipinski definition) is 2. The third-order valence-electron chi connectivity index (χ3n) is 3.66. The van der Waals surface area contributed by atoms with Gasteiger partial charge in [0.05, 0.1) is 13.0 Å². The van der Waals surface area contributed by atoms with E-state index in [4.69, 9.17) is 0 Å². The Morgan fingerprint density at radius 2 is 2.00 bits per heavy atom. The number of nitrogens with zero attached hydrogens (tertiary/aromatic N) is 2. The smallest absolute Gasteiger partial charge is 0.357 e. The number of alkyl halides is 3. The summed E-state index contributed by atoms with van der Waals surface area (Å²) in [6.07, 6.45) is -1.44. The molecule has 0 aromatic carbocycles. The van der Waals surface area contributed by atoms with Crippen LogP contribution in [0, 0.1) is 0 Å². The molecule has 1 atom stereocenters. The highest BCUT2D eigenvalue weighted by Gasteiger charge is 2.26. The molecule has 1 unspecified atom stereocenters. The van der Waals surface area contributed by atoms with E-state index in [1.807, 2.05) is 6.92 Å². The average molecular weight is 308 g/mol. The minimum Gasteiger partial charge on any atom is -0.357 e. The Balaban J connectivity index is 2.46. The number of nitrogens with one attached hydrogen (secondary N) is 2. The molecule has 0 aromatic heterocycles. The van der Waals surface area contributed by atoms with Crippen molar-refractivity contribution in [2.24, 2.45) is 4.99 Å². The normalized spacial score (nSPS) is 21.4. The molecule has 1 saturated heterocycles. The van der Waals surface area contributed by atoms with Gasteiger partial charge < -0.3 is 10.6 Å². The van der Waals surface area contributed by atoms with Gasteiger partial charge in [0, 0.05) is 19.1 Å². The molecule has 1 rings (SSSR count). The lowest BCUT2D eigenvalue weighted by Crippen LogP contribution is -2.43. The summed E-state index contributed by atoms with van der Waals surface area (Å²) < 4.78 is 36.5. The molecule has 0 saturated carbocycles. The van der Waals surface area contributed by atoms with Gasteiger partial charge in [0.2, 0.25) is 0 Å². The fourth-order valence-corrected chi connectivity index (χ4v) is 2.54. The zero-order valence-electron chi connectivity index (χ0n) is 13.0. The van der Waals surface area contributed by atoms with Crippen molar-refractivity contribution < 1.29 is 13.2 Å². The molecule has 0 aliphatic carbocycles. The first-order valence-electron chi connectivity index (χ1n) is 7.79. The Morgan fingerprint density at radius 1 is 1.24 bits per heavy atom. The van der Waals surface area contributed by atoms with E-state index in [1.54, 1.807) is 0 Å². The van der Waals surface area contributed by atoms with Gasteiger partial charge in [-0.2, -0.15) is 13.2 Å². The number of likely N-dealkylation sites (tertiary alicyclic amines) is 1. The molecule has 0 radical (unpaired) electrons. The Labute approximate surface area is 125 Å². The standard InChI is InChI=1S/C14H27F3N4/c1-3-18-13(19-9-8-14(15,16)17)20-11-12-7-5-6-10-21(12)4-2/h12H,3-11H2,1-2H3,(H2,18,19,20). The van der Waals surface area contributed by atoms with Crippen molar-refractivity contribution >= 4 is 5.96 Å². The molecule has 1 heterocycles. The predicted octanol–water partition coefficient (Wildman–Crippen LogP) is 2.37. The molecule has 1 aliphatic heterocycles. The molecule has 7 heteroatoms. The van der Waals surface area contributed by atoms with Crippen LogP contribution in [0.15, 0.2) is 4.99 Å². The number of halogens is 3. The highest BCUT2D eigenvalue weighted by Crippen LogP contribution is 2.18. The molecule has 0 bridgehead atoms. The zero-order chi connectivity index (χ0) is 15.7. The Hall–Kier alpha value is -0.980. The summed E-state index contributed by atoms with van der Waals surface area (Å²) in [4.78, 5) is 6.84. The van der Waals surface area contributed by atoms with Gasteiger partial charge in [0.15, 0.2) is 5.96 Å². The molecule has 1 fully saturated rings. The van der Waals surface area contributed by atoms with Crippen LogP contribution >= 0.6 is 0 Å². The van der Waals surface area contributed by atoms with Crippen molar-refractivity contribution in [2.45, 2.75) is 51.7 Å². The van der Waals surface area contributed by atoms with Crippen LogP contribution in [0.3, 0.4) is 0 Å². The van der Waals surface area contributed by atoms with Crippen LogP contribution in [0.25, 0.3) is 0 Å². The van der Waals surface area contributed by atoms with E-state index < -0.39 is 12.6 Å².